The molecule has 31 heavy (non-hydrogen) atoms. The Labute approximate surface area is 185 Å². The number of aliphatic carboxylic acids is 1. The zero-order valence-corrected chi connectivity index (χ0v) is 18.2. The summed E-state index contributed by atoms with van der Waals surface area (Å²) in [7, 11) is -4.05. The standard InChI is InChI=1S/C24H20ClNO4S/c1-14-22(15-5-3-2-4-6-15)24(14,23(27)28)26-31(29,30)19-8-10-21-17(13-19)11-16-12-18(25)7-9-20(16)21/h2-10,12-14,22,26H,11H2,1H3,(H,27,28)/t14-,22-,24+/m1/s1. The Morgan fingerprint density at radius 3 is 2.35 bits per heavy atom. The van der Waals surface area contributed by atoms with Crippen LogP contribution in [0.4, 0.5) is 0 Å². The molecule has 0 heterocycles. The number of hydrogen-bond acceptors (Lipinski definition) is 3. The van der Waals surface area contributed by atoms with E-state index in [2.05, 4.69) is 4.72 Å². The quantitative estimate of drug-likeness (QED) is 0.467. The molecule has 0 saturated heterocycles. The molecular formula is C24H20ClNO4S. The monoisotopic (exact) mass is 453 g/mol. The van der Waals surface area contributed by atoms with Gasteiger partial charge in [-0.25, -0.2) is 8.42 Å². The molecule has 5 nitrogen and oxygen atoms in total. The molecule has 3 aromatic carbocycles. The predicted molar refractivity (Wildman–Crippen MR) is 119 cm³/mol. The van der Waals surface area contributed by atoms with Crippen molar-refractivity contribution in [2.24, 2.45) is 5.92 Å². The minimum atomic E-state index is -4.05. The minimum Gasteiger partial charge on any atom is -0.480 e. The molecule has 0 bridgehead atoms. The van der Waals surface area contributed by atoms with Gasteiger partial charge in [-0.05, 0) is 64.4 Å². The molecule has 0 aliphatic heterocycles. The van der Waals surface area contributed by atoms with Crippen molar-refractivity contribution in [2.45, 2.75) is 29.7 Å². The highest BCUT2D eigenvalue weighted by Crippen LogP contribution is 2.58. The van der Waals surface area contributed by atoms with Gasteiger partial charge in [0.05, 0.1) is 4.90 Å². The smallest absolute Gasteiger partial charge is 0.325 e. The summed E-state index contributed by atoms with van der Waals surface area (Å²) in [6, 6.07) is 19.7. The van der Waals surface area contributed by atoms with Gasteiger partial charge in [0.1, 0.15) is 5.54 Å². The third-order valence-corrected chi connectivity index (χ3v) is 8.26. The second-order valence-electron chi connectivity index (χ2n) is 8.25. The van der Waals surface area contributed by atoms with E-state index in [9.17, 15) is 18.3 Å². The third kappa shape index (κ3) is 3.09. The molecule has 3 aromatic rings. The summed E-state index contributed by atoms with van der Waals surface area (Å²) in [6.45, 7) is 1.76. The fraction of sp³-hybridized carbons (Fsp3) is 0.208. The molecular weight excluding hydrogens is 434 g/mol. The summed E-state index contributed by atoms with van der Waals surface area (Å²) in [4.78, 5) is 12.3. The molecule has 0 radical (unpaired) electrons. The second kappa shape index (κ2) is 6.92. The molecule has 0 unspecified atom stereocenters. The van der Waals surface area contributed by atoms with Crippen molar-refractivity contribution in [1.29, 1.82) is 0 Å². The largest absolute Gasteiger partial charge is 0.480 e. The van der Waals surface area contributed by atoms with E-state index in [1.54, 1.807) is 19.1 Å². The number of carboxylic acids is 1. The Balaban J connectivity index is 1.48. The third-order valence-electron chi connectivity index (χ3n) is 6.54. The van der Waals surface area contributed by atoms with Gasteiger partial charge in [0.15, 0.2) is 0 Å². The molecule has 5 rings (SSSR count). The maximum atomic E-state index is 13.2. The second-order valence-corrected chi connectivity index (χ2v) is 10.4. The molecule has 1 fully saturated rings. The van der Waals surface area contributed by atoms with Crippen LogP contribution in [-0.2, 0) is 21.2 Å². The zero-order chi connectivity index (χ0) is 22.0. The van der Waals surface area contributed by atoms with Crippen LogP contribution in [0.1, 0.15) is 29.5 Å². The molecule has 0 amide bonds. The van der Waals surface area contributed by atoms with Crippen LogP contribution in [0.2, 0.25) is 5.02 Å². The van der Waals surface area contributed by atoms with E-state index in [1.807, 2.05) is 48.5 Å². The van der Waals surface area contributed by atoms with Crippen LogP contribution in [0.15, 0.2) is 71.6 Å². The van der Waals surface area contributed by atoms with Crippen LogP contribution in [-0.4, -0.2) is 25.0 Å². The summed E-state index contributed by atoms with van der Waals surface area (Å²) in [5, 5.41) is 10.6. The van der Waals surface area contributed by atoms with E-state index < -0.39 is 27.4 Å². The van der Waals surface area contributed by atoms with Crippen molar-refractivity contribution in [3.63, 3.8) is 0 Å². The number of fused-ring (bicyclic) bond motifs is 3. The molecule has 0 spiro atoms. The number of rotatable bonds is 5. The maximum absolute atomic E-state index is 13.2. The topological polar surface area (TPSA) is 83.5 Å². The van der Waals surface area contributed by atoms with Crippen LogP contribution in [0.3, 0.4) is 0 Å². The number of halogens is 1. The van der Waals surface area contributed by atoms with Gasteiger partial charge in [-0.15, -0.1) is 0 Å². The molecule has 2 N–H and O–H groups in total. The number of hydrogen-bond donors (Lipinski definition) is 2. The first-order chi connectivity index (χ1) is 14.7. The SMILES string of the molecule is C[C@@H]1[C@H](c2ccccc2)[C@]1(NS(=O)(=O)c1ccc2c(c1)Cc1cc(Cl)ccc1-2)C(=O)O. The van der Waals surface area contributed by atoms with Crippen molar-refractivity contribution >= 4 is 27.6 Å². The van der Waals surface area contributed by atoms with Crippen molar-refractivity contribution in [2.75, 3.05) is 0 Å². The summed E-state index contributed by atoms with van der Waals surface area (Å²) in [5.74, 6) is -1.97. The van der Waals surface area contributed by atoms with Gasteiger partial charge < -0.3 is 5.11 Å². The van der Waals surface area contributed by atoms with Crippen molar-refractivity contribution in [1.82, 2.24) is 4.72 Å². The average Bonchev–Trinajstić information content (AvgIpc) is 3.15. The summed E-state index contributed by atoms with van der Waals surface area (Å²) in [5.41, 5.74) is 3.19. The number of sulfonamides is 1. The van der Waals surface area contributed by atoms with Gasteiger partial charge in [0, 0.05) is 10.9 Å². The summed E-state index contributed by atoms with van der Waals surface area (Å²) < 4.78 is 29.0. The van der Waals surface area contributed by atoms with Crippen LogP contribution in [0.5, 0.6) is 0 Å². The first-order valence-corrected chi connectivity index (χ1v) is 11.8. The summed E-state index contributed by atoms with van der Waals surface area (Å²) in [6.07, 6.45) is 0.585. The van der Waals surface area contributed by atoms with E-state index in [1.165, 1.54) is 6.07 Å². The highest BCUT2D eigenvalue weighted by molar-refractivity contribution is 7.89. The number of nitrogens with one attached hydrogen (secondary N) is 1. The molecule has 2 aliphatic rings. The Bertz CT molecular complexity index is 1320. The predicted octanol–water partition coefficient (Wildman–Crippen LogP) is 4.45. The number of benzene rings is 3. The maximum Gasteiger partial charge on any atom is 0.325 e. The van der Waals surface area contributed by atoms with Crippen molar-refractivity contribution in [3.05, 3.63) is 88.4 Å². The molecule has 0 aromatic heterocycles. The lowest BCUT2D eigenvalue weighted by atomic mass is 10.1. The lowest BCUT2D eigenvalue weighted by Gasteiger charge is -2.16. The number of carboxylic acid groups (broad SMARTS) is 1. The lowest BCUT2D eigenvalue weighted by molar-refractivity contribution is -0.140. The van der Waals surface area contributed by atoms with E-state index in [4.69, 9.17) is 11.6 Å². The van der Waals surface area contributed by atoms with E-state index in [0.29, 0.717) is 11.4 Å². The Kier molecular flexibility index (Phi) is 4.52. The van der Waals surface area contributed by atoms with Crippen LogP contribution < -0.4 is 4.72 Å². The molecule has 7 heteroatoms. The Morgan fingerprint density at radius 1 is 1.03 bits per heavy atom. The fourth-order valence-corrected chi connectivity index (χ4v) is 6.61. The first kappa shape index (κ1) is 20.2. The number of carbonyl (C=O) groups is 1. The van der Waals surface area contributed by atoms with Crippen LogP contribution in [0, 0.1) is 5.92 Å². The lowest BCUT2D eigenvalue weighted by Crippen LogP contribution is -2.45. The van der Waals surface area contributed by atoms with Crippen LogP contribution in [0.25, 0.3) is 11.1 Å². The summed E-state index contributed by atoms with van der Waals surface area (Å²) >= 11 is 6.10. The van der Waals surface area contributed by atoms with Gasteiger partial charge in [0.2, 0.25) is 10.0 Å². The van der Waals surface area contributed by atoms with E-state index in [-0.39, 0.29) is 10.8 Å². The Hall–Kier alpha value is -2.67. The van der Waals surface area contributed by atoms with E-state index >= 15 is 0 Å². The van der Waals surface area contributed by atoms with Gasteiger partial charge in [-0.1, -0.05) is 61.0 Å². The minimum absolute atomic E-state index is 0.0664. The molecule has 2 aliphatic carbocycles. The normalized spacial score (nSPS) is 23.8. The zero-order valence-electron chi connectivity index (χ0n) is 16.7. The van der Waals surface area contributed by atoms with Gasteiger partial charge in [-0.2, -0.15) is 4.72 Å². The highest BCUT2D eigenvalue weighted by Gasteiger charge is 2.70. The van der Waals surface area contributed by atoms with Gasteiger partial charge >= 0.3 is 5.97 Å². The van der Waals surface area contributed by atoms with Gasteiger partial charge in [0.25, 0.3) is 0 Å². The molecule has 158 valence electrons. The van der Waals surface area contributed by atoms with Gasteiger partial charge in [-0.3, -0.25) is 4.79 Å². The fourth-order valence-electron chi connectivity index (χ4n) is 4.90. The van der Waals surface area contributed by atoms with Crippen LogP contribution >= 0.6 is 11.6 Å². The highest BCUT2D eigenvalue weighted by atomic mass is 35.5. The average molecular weight is 454 g/mol. The van der Waals surface area contributed by atoms with Crippen molar-refractivity contribution < 1.29 is 18.3 Å². The Morgan fingerprint density at radius 2 is 1.68 bits per heavy atom. The van der Waals surface area contributed by atoms with Crippen molar-refractivity contribution in [3.8, 4) is 11.1 Å². The molecule has 3 atom stereocenters. The van der Waals surface area contributed by atoms with E-state index in [0.717, 1.165) is 27.8 Å². The molecule has 1 saturated carbocycles. The first-order valence-electron chi connectivity index (χ1n) is 9.98.